The van der Waals surface area contributed by atoms with Gasteiger partial charge in [-0.3, -0.25) is 4.68 Å². The van der Waals surface area contributed by atoms with Crippen molar-refractivity contribution >= 4 is 10.0 Å². The summed E-state index contributed by atoms with van der Waals surface area (Å²) in [5.74, 6) is 0. The van der Waals surface area contributed by atoms with Crippen LogP contribution in [0.5, 0.6) is 0 Å². The Morgan fingerprint density at radius 3 is 2.94 bits per heavy atom. The topological polar surface area (TPSA) is 81.2 Å². The SMILES string of the molecule is CC1CCCCN1S(=O)(=O)c1cnn(CCN)c1. The molecule has 2 N–H and O–H groups in total. The standard InChI is InChI=1S/C11H20N4O2S/c1-10-4-2-3-6-15(10)18(16,17)11-8-13-14(9-11)7-5-12/h8-10H,2-7,12H2,1H3. The molecule has 0 amide bonds. The third-order valence-corrected chi connectivity index (χ3v) is 5.28. The predicted octanol–water partition coefficient (Wildman–Crippen LogP) is 0.405. The molecule has 1 fully saturated rings. The van der Waals surface area contributed by atoms with Crippen LogP contribution in [0, 0.1) is 0 Å². The van der Waals surface area contributed by atoms with Crippen LogP contribution in [0.25, 0.3) is 0 Å². The first-order valence-corrected chi connectivity index (χ1v) is 7.74. The van der Waals surface area contributed by atoms with E-state index in [2.05, 4.69) is 5.10 Å². The molecule has 0 saturated carbocycles. The molecule has 1 aliphatic rings. The molecule has 1 saturated heterocycles. The number of nitrogens with zero attached hydrogens (tertiary/aromatic N) is 3. The van der Waals surface area contributed by atoms with E-state index in [1.165, 1.54) is 6.20 Å². The van der Waals surface area contributed by atoms with Gasteiger partial charge in [0.1, 0.15) is 4.90 Å². The lowest BCUT2D eigenvalue weighted by Gasteiger charge is -2.31. The van der Waals surface area contributed by atoms with Crippen LogP contribution in [0.3, 0.4) is 0 Å². The summed E-state index contributed by atoms with van der Waals surface area (Å²) in [6.07, 6.45) is 5.92. The van der Waals surface area contributed by atoms with Crippen molar-refractivity contribution in [3.8, 4) is 0 Å². The maximum Gasteiger partial charge on any atom is 0.246 e. The van der Waals surface area contributed by atoms with E-state index in [9.17, 15) is 8.42 Å². The molecule has 0 aliphatic carbocycles. The monoisotopic (exact) mass is 272 g/mol. The summed E-state index contributed by atoms with van der Waals surface area (Å²) >= 11 is 0. The van der Waals surface area contributed by atoms with Gasteiger partial charge in [-0.15, -0.1) is 0 Å². The van der Waals surface area contributed by atoms with Gasteiger partial charge < -0.3 is 5.73 Å². The van der Waals surface area contributed by atoms with E-state index in [0.717, 1.165) is 19.3 Å². The van der Waals surface area contributed by atoms with Crippen molar-refractivity contribution in [2.24, 2.45) is 5.73 Å². The summed E-state index contributed by atoms with van der Waals surface area (Å²) in [7, 11) is -3.40. The average Bonchev–Trinajstić information content (AvgIpc) is 2.79. The summed E-state index contributed by atoms with van der Waals surface area (Å²) < 4.78 is 28.1. The molecule has 0 aromatic carbocycles. The van der Waals surface area contributed by atoms with E-state index in [1.807, 2.05) is 6.92 Å². The van der Waals surface area contributed by atoms with Gasteiger partial charge in [0.2, 0.25) is 10.0 Å². The molecule has 2 heterocycles. The Morgan fingerprint density at radius 2 is 2.28 bits per heavy atom. The van der Waals surface area contributed by atoms with Gasteiger partial charge in [0.25, 0.3) is 0 Å². The smallest absolute Gasteiger partial charge is 0.246 e. The Morgan fingerprint density at radius 1 is 1.50 bits per heavy atom. The lowest BCUT2D eigenvalue weighted by Crippen LogP contribution is -2.41. The highest BCUT2D eigenvalue weighted by molar-refractivity contribution is 7.89. The molecule has 18 heavy (non-hydrogen) atoms. The quantitative estimate of drug-likeness (QED) is 0.860. The highest BCUT2D eigenvalue weighted by Gasteiger charge is 2.31. The fourth-order valence-electron chi connectivity index (χ4n) is 2.30. The largest absolute Gasteiger partial charge is 0.329 e. The van der Waals surface area contributed by atoms with E-state index in [1.54, 1.807) is 15.2 Å². The van der Waals surface area contributed by atoms with Crippen molar-refractivity contribution in [2.45, 2.75) is 43.7 Å². The maximum atomic E-state index is 12.5. The zero-order valence-corrected chi connectivity index (χ0v) is 11.4. The van der Waals surface area contributed by atoms with Crippen LogP contribution >= 0.6 is 0 Å². The molecule has 1 unspecified atom stereocenters. The summed E-state index contributed by atoms with van der Waals surface area (Å²) in [4.78, 5) is 0.268. The van der Waals surface area contributed by atoms with E-state index >= 15 is 0 Å². The van der Waals surface area contributed by atoms with Crippen LogP contribution in [0.4, 0.5) is 0 Å². The molecule has 6 nitrogen and oxygen atoms in total. The van der Waals surface area contributed by atoms with Gasteiger partial charge in [0.15, 0.2) is 0 Å². The van der Waals surface area contributed by atoms with Gasteiger partial charge in [-0.05, 0) is 19.8 Å². The van der Waals surface area contributed by atoms with E-state index in [0.29, 0.717) is 19.6 Å². The maximum absolute atomic E-state index is 12.5. The Kier molecular flexibility index (Phi) is 4.04. The Balaban J connectivity index is 2.23. The van der Waals surface area contributed by atoms with E-state index in [-0.39, 0.29) is 10.9 Å². The number of nitrogens with two attached hydrogens (primary N) is 1. The lowest BCUT2D eigenvalue weighted by atomic mass is 10.1. The number of hydrogen-bond donors (Lipinski definition) is 1. The molecular formula is C11H20N4O2S. The summed E-state index contributed by atoms with van der Waals surface area (Å²) in [6.45, 7) is 3.54. The second-order valence-corrected chi connectivity index (χ2v) is 6.58. The van der Waals surface area contributed by atoms with Crippen LogP contribution in [-0.4, -0.2) is 41.6 Å². The molecule has 1 aromatic rings. The normalized spacial score (nSPS) is 22.2. The van der Waals surface area contributed by atoms with Crippen LogP contribution in [-0.2, 0) is 16.6 Å². The molecule has 1 atom stereocenters. The Hall–Kier alpha value is -0.920. The molecule has 102 valence electrons. The van der Waals surface area contributed by atoms with Crippen LogP contribution in [0.15, 0.2) is 17.3 Å². The van der Waals surface area contributed by atoms with Gasteiger partial charge in [0.05, 0.1) is 12.7 Å². The third kappa shape index (κ3) is 2.57. The lowest BCUT2D eigenvalue weighted by molar-refractivity contribution is 0.268. The summed E-state index contributed by atoms with van der Waals surface area (Å²) in [6, 6.07) is 0.0709. The van der Waals surface area contributed by atoms with Gasteiger partial charge in [0, 0.05) is 25.3 Å². The number of rotatable bonds is 4. The molecule has 2 rings (SSSR count). The van der Waals surface area contributed by atoms with Gasteiger partial charge in [-0.2, -0.15) is 9.40 Å². The highest BCUT2D eigenvalue weighted by atomic mass is 32.2. The first-order valence-electron chi connectivity index (χ1n) is 6.30. The molecule has 0 spiro atoms. The van der Waals surface area contributed by atoms with Crippen molar-refractivity contribution in [3.63, 3.8) is 0 Å². The molecule has 0 bridgehead atoms. The second-order valence-electron chi connectivity index (χ2n) is 4.69. The van der Waals surface area contributed by atoms with Crippen molar-refractivity contribution in [1.29, 1.82) is 0 Å². The third-order valence-electron chi connectivity index (χ3n) is 3.32. The number of hydrogen-bond acceptors (Lipinski definition) is 4. The van der Waals surface area contributed by atoms with E-state index < -0.39 is 10.0 Å². The van der Waals surface area contributed by atoms with Crippen molar-refractivity contribution in [2.75, 3.05) is 13.1 Å². The molecule has 0 radical (unpaired) electrons. The highest BCUT2D eigenvalue weighted by Crippen LogP contribution is 2.24. The van der Waals surface area contributed by atoms with Gasteiger partial charge >= 0.3 is 0 Å². The zero-order valence-electron chi connectivity index (χ0n) is 10.6. The number of piperidine rings is 1. The summed E-state index contributed by atoms with van der Waals surface area (Å²) in [5, 5.41) is 4.02. The fraction of sp³-hybridized carbons (Fsp3) is 0.727. The first-order chi connectivity index (χ1) is 8.55. The zero-order chi connectivity index (χ0) is 13.2. The van der Waals surface area contributed by atoms with Gasteiger partial charge in [-0.25, -0.2) is 8.42 Å². The van der Waals surface area contributed by atoms with Crippen molar-refractivity contribution in [1.82, 2.24) is 14.1 Å². The molecular weight excluding hydrogens is 252 g/mol. The fourth-order valence-corrected chi connectivity index (χ4v) is 3.95. The molecule has 7 heteroatoms. The minimum absolute atomic E-state index is 0.0709. The number of aromatic nitrogens is 2. The van der Waals surface area contributed by atoms with Crippen LogP contribution in [0.1, 0.15) is 26.2 Å². The van der Waals surface area contributed by atoms with Crippen LogP contribution < -0.4 is 5.73 Å². The minimum Gasteiger partial charge on any atom is -0.329 e. The Labute approximate surface area is 108 Å². The average molecular weight is 272 g/mol. The van der Waals surface area contributed by atoms with Crippen molar-refractivity contribution in [3.05, 3.63) is 12.4 Å². The second kappa shape index (κ2) is 5.38. The van der Waals surface area contributed by atoms with Crippen molar-refractivity contribution < 1.29 is 8.42 Å². The number of sulfonamides is 1. The van der Waals surface area contributed by atoms with E-state index in [4.69, 9.17) is 5.73 Å². The Bertz CT molecular complexity index is 497. The minimum atomic E-state index is -3.40. The first kappa shape index (κ1) is 13.5. The van der Waals surface area contributed by atoms with Gasteiger partial charge in [-0.1, -0.05) is 6.42 Å². The predicted molar refractivity (Wildman–Crippen MR) is 68.5 cm³/mol. The molecule has 1 aliphatic heterocycles. The summed E-state index contributed by atoms with van der Waals surface area (Å²) in [5.41, 5.74) is 5.42. The van der Waals surface area contributed by atoms with Crippen LogP contribution in [0.2, 0.25) is 0 Å². The molecule has 1 aromatic heterocycles.